The maximum Gasteiger partial charge on any atom is 0.304 e. The zero-order valence-electron chi connectivity index (χ0n) is 11.0. The Morgan fingerprint density at radius 2 is 2.21 bits per heavy atom. The largest absolute Gasteiger partial charge is 0.497 e. The molecule has 0 spiro atoms. The molecule has 1 atom stereocenters. The molecule has 1 saturated heterocycles. The molecule has 1 fully saturated rings. The van der Waals surface area contributed by atoms with Gasteiger partial charge < -0.3 is 9.84 Å². The van der Waals surface area contributed by atoms with Crippen LogP contribution in [0.4, 0.5) is 0 Å². The summed E-state index contributed by atoms with van der Waals surface area (Å²) in [5.74, 6) is 2.11. The monoisotopic (exact) mass is 281 g/mol. The van der Waals surface area contributed by atoms with Gasteiger partial charge in [-0.05, 0) is 17.7 Å². The number of hydrogen-bond donors (Lipinski definition) is 1. The van der Waals surface area contributed by atoms with Crippen LogP contribution in [0.5, 0.6) is 5.75 Å². The van der Waals surface area contributed by atoms with Crippen LogP contribution in [0, 0.1) is 0 Å². The Balaban J connectivity index is 1.99. The number of carboxylic acids is 1. The van der Waals surface area contributed by atoms with Crippen molar-refractivity contribution in [2.24, 2.45) is 0 Å². The summed E-state index contributed by atoms with van der Waals surface area (Å²) in [7, 11) is 1.65. The van der Waals surface area contributed by atoms with E-state index in [1.165, 1.54) is 5.56 Å². The summed E-state index contributed by atoms with van der Waals surface area (Å²) in [6.07, 6.45) is 0.225. The van der Waals surface area contributed by atoms with Gasteiger partial charge in [-0.2, -0.15) is 11.8 Å². The number of nitrogens with zero attached hydrogens (tertiary/aromatic N) is 1. The Kier molecular flexibility index (Phi) is 5.10. The summed E-state index contributed by atoms with van der Waals surface area (Å²) < 4.78 is 5.14. The lowest BCUT2D eigenvalue weighted by molar-refractivity contribution is -0.138. The fourth-order valence-electron chi connectivity index (χ4n) is 2.25. The van der Waals surface area contributed by atoms with Crippen molar-refractivity contribution in [2.75, 3.05) is 25.2 Å². The van der Waals surface area contributed by atoms with Gasteiger partial charge in [0.2, 0.25) is 0 Å². The fraction of sp³-hybridized carbons (Fsp3) is 0.500. The zero-order chi connectivity index (χ0) is 13.7. The van der Waals surface area contributed by atoms with Gasteiger partial charge in [0.15, 0.2) is 0 Å². The second-order valence-electron chi connectivity index (χ2n) is 4.65. The minimum atomic E-state index is -0.716. The van der Waals surface area contributed by atoms with Crippen LogP contribution in [0.2, 0.25) is 0 Å². The van der Waals surface area contributed by atoms with Gasteiger partial charge in [-0.3, -0.25) is 9.69 Å². The predicted molar refractivity (Wildman–Crippen MR) is 76.8 cm³/mol. The van der Waals surface area contributed by atoms with Crippen molar-refractivity contribution in [2.45, 2.75) is 19.0 Å². The van der Waals surface area contributed by atoms with E-state index in [1.807, 2.05) is 36.0 Å². The summed E-state index contributed by atoms with van der Waals surface area (Å²) in [4.78, 5) is 13.2. The average Bonchev–Trinajstić information content (AvgIpc) is 2.41. The molecular formula is C14H19NO3S. The van der Waals surface area contributed by atoms with Gasteiger partial charge in [0.1, 0.15) is 5.75 Å². The molecule has 104 valence electrons. The van der Waals surface area contributed by atoms with E-state index >= 15 is 0 Å². The first-order chi connectivity index (χ1) is 9.19. The molecule has 0 aromatic heterocycles. The number of methoxy groups -OCH3 is 1. The number of thioether (sulfide) groups is 1. The number of ether oxygens (including phenoxy) is 1. The number of hydrogen-bond acceptors (Lipinski definition) is 4. The molecule has 4 nitrogen and oxygen atoms in total. The third-order valence-corrected chi connectivity index (χ3v) is 4.40. The first kappa shape index (κ1) is 14.2. The van der Waals surface area contributed by atoms with Gasteiger partial charge in [-0.1, -0.05) is 12.1 Å². The third-order valence-electron chi connectivity index (χ3n) is 3.30. The SMILES string of the molecule is COc1ccc(CN2CCSCC2CC(=O)O)cc1. The quantitative estimate of drug-likeness (QED) is 0.895. The second kappa shape index (κ2) is 6.82. The Hall–Kier alpha value is -1.20. The summed E-state index contributed by atoms with van der Waals surface area (Å²) in [6.45, 7) is 1.76. The molecule has 1 aliphatic heterocycles. The van der Waals surface area contributed by atoms with Crippen LogP contribution in [-0.2, 0) is 11.3 Å². The van der Waals surface area contributed by atoms with E-state index in [-0.39, 0.29) is 12.5 Å². The van der Waals surface area contributed by atoms with Gasteiger partial charge in [-0.15, -0.1) is 0 Å². The van der Waals surface area contributed by atoms with E-state index in [0.29, 0.717) is 0 Å². The lowest BCUT2D eigenvalue weighted by Crippen LogP contribution is -2.42. The third kappa shape index (κ3) is 4.14. The van der Waals surface area contributed by atoms with Gasteiger partial charge in [0.05, 0.1) is 13.5 Å². The standard InChI is InChI=1S/C14H19NO3S/c1-18-13-4-2-11(3-5-13)9-15-6-7-19-10-12(15)8-14(16)17/h2-5,12H,6-10H2,1H3,(H,16,17). The van der Waals surface area contributed by atoms with Crippen molar-refractivity contribution in [3.63, 3.8) is 0 Å². The van der Waals surface area contributed by atoms with Crippen molar-refractivity contribution >= 4 is 17.7 Å². The minimum absolute atomic E-state index is 0.137. The number of aliphatic carboxylic acids is 1. The maximum absolute atomic E-state index is 10.9. The van der Waals surface area contributed by atoms with Crippen LogP contribution in [0.3, 0.4) is 0 Å². The molecule has 0 amide bonds. The molecule has 5 heteroatoms. The van der Waals surface area contributed by atoms with E-state index in [9.17, 15) is 4.79 Å². The molecule has 1 heterocycles. The number of benzene rings is 1. The van der Waals surface area contributed by atoms with E-state index in [0.717, 1.165) is 30.3 Å². The van der Waals surface area contributed by atoms with Crippen molar-refractivity contribution in [1.82, 2.24) is 4.90 Å². The van der Waals surface area contributed by atoms with Crippen LogP contribution in [0.15, 0.2) is 24.3 Å². The molecule has 0 saturated carbocycles. The Labute approximate surface area is 117 Å². The van der Waals surface area contributed by atoms with Crippen LogP contribution < -0.4 is 4.74 Å². The van der Waals surface area contributed by atoms with Crippen molar-refractivity contribution in [3.05, 3.63) is 29.8 Å². The number of rotatable bonds is 5. The average molecular weight is 281 g/mol. The first-order valence-electron chi connectivity index (χ1n) is 6.35. The summed E-state index contributed by atoms with van der Waals surface area (Å²) in [6, 6.07) is 8.11. The highest BCUT2D eigenvalue weighted by Crippen LogP contribution is 2.22. The van der Waals surface area contributed by atoms with Crippen LogP contribution >= 0.6 is 11.8 Å². The van der Waals surface area contributed by atoms with Crippen LogP contribution in [-0.4, -0.2) is 47.2 Å². The van der Waals surface area contributed by atoms with E-state index in [2.05, 4.69) is 4.90 Å². The summed E-state index contributed by atoms with van der Waals surface area (Å²) in [5, 5.41) is 8.97. The lowest BCUT2D eigenvalue weighted by atomic mass is 10.1. The molecule has 1 aromatic rings. The van der Waals surface area contributed by atoms with Gasteiger partial charge in [0, 0.05) is 30.6 Å². The highest BCUT2D eigenvalue weighted by molar-refractivity contribution is 7.99. The minimum Gasteiger partial charge on any atom is -0.497 e. The smallest absolute Gasteiger partial charge is 0.304 e. The van der Waals surface area contributed by atoms with Crippen LogP contribution in [0.25, 0.3) is 0 Å². The number of carbonyl (C=O) groups is 1. The Morgan fingerprint density at radius 3 is 2.84 bits per heavy atom. The maximum atomic E-state index is 10.9. The van der Waals surface area contributed by atoms with Crippen LogP contribution in [0.1, 0.15) is 12.0 Å². The lowest BCUT2D eigenvalue weighted by Gasteiger charge is -2.34. The Bertz CT molecular complexity index is 421. The van der Waals surface area contributed by atoms with Crippen molar-refractivity contribution in [3.8, 4) is 5.75 Å². The highest BCUT2D eigenvalue weighted by atomic mass is 32.2. The second-order valence-corrected chi connectivity index (χ2v) is 5.79. The molecule has 2 rings (SSSR count). The number of carboxylic acid groups (broad SMARTS) is 1. The first-order valence-corrected chi connectivity index (χ1v) is 7.51. The van der Waals surface area contributed by atoms with E-state index in [4.69, 9.17) is 9.84 Å². The molecule has 0 bridgehead atoms. The van der Waals surface area contributed by atoms with E-state index in [1.54, 1.807) is 7.11 Å². The molecule has 1 aromatic carbocycles. The molecule has 1 aliphatic rings. The normalized spacial score (nSPS) is 20.2. The predicted octanol–water partition coefficient (Wildman–Crippen LogP) is 2.09. The molecular weight excluding hydrogens is 262 g/mol. The summed E-state index contributed by atoms with van der Waals surface area (Å²) >= 11 is 1.84. The summed E-state index contributed by atoms with van der Waals surface area (Å²) in [5.41, 5.74) is 1.20. The van der Waals surface area contributed by atoms with Gasteiger partial charge >= 0.3 is 5.97 Å². The van der Waals surface area contributed by atoms with Gasteiger partial charge in [0.25, 0.3) is 0 Å². The Morgan fingerprint density at radius 1 is 1.47 bits per heavy atom. The zero-order valence-corrected chi connectivity index (χ0v) is 11.9. The fourth-order valence-corrected chi connectivity index (χ4v) is 3.38. The van der Waals surface area contributed by atoms with Crippen molar-refractivity contribution < 1.29 is 14.6 Å². The molecule has 0 radical (unpaired) electrons. The molecule has 0 aliphatic carbocycles. The topological polar surface area (TPSA) is 49.8 Å². The molecule has 1 unspecified atom stereocenters. The van der Waals surface area contributed by atoms with Crippen molar-refractivity contribution in [1.29, 1.82) is 0 Å². The van der Waals surface area contributed by atoms with E-state index < -0.39 is 5.97 Å². The molecule has 1 N–H and O–H groups in total. The molecule has 19 heavy (non-hydrogen) atoms. The highest BCUT2D eigenvalue weighted by Gasteiger charge is 2.24. The van der Waals surface area contributed by atoms with Gasteiger partial charge in [-0.25, -0.2) is 0 Å².